The van der Waals surface area contributed by atoms with Gasteiger partial charge >= 0.3 is 0 Å². The molecule has 90 valence electrons. The van der Waals surface area contributed by atoms with E-state index in [0.717, 1.165) is 11.4 Å². The smallest absolute Gasteiger partial charge is 0.0983 e. The molecule has 1 aromatic heterocycles. The fourth-order valence-electron chi connectivity index (χ4n) is 1.85. The summed E-state index contributed by atoms with van der Waals surface area (Å²) in [5.74, 6) is 0.176. The summed E-state index contributed by atoms with van der Waals surface area (Å²) in [5, 5.41) is 14.4. The van der Waals surface area contributed by atoms with Crippen molar-refractivity contribution in [3.8, 4) is 5.69 Å². The highest BCUT2D eigenvalue weighted by Crippen LogP contribution is 2.23. The van der Waals surface area contributed by atoms with Crippen LogP contribution in [0.3, 0.4) is 0 Å². The molecule has 0 aliphatic heterocycles. The van der Waals surface area contributed by atoms with Crippen LogP contribution in [0.1, 0.15) is 31.2 Å². The summed E-state index contributed by atoms with van der Waals surface area (Å²) in [6, 6.07) is 9.97. The Morgan fingerprint density at radius 2 is 2.00 bits per heavy atom. The number of aliphatic hydroxyl groups is 1. The maximum Gasteiger partial charge on any atom is 0.0983 e. The molecule has 1 aromatic carbocycles. The van der Waals surface area contributed by atoms with E-state index in [0.29, 0.717) is 0 Å². The zero-order chi connectivity index (χ0) is 12.4. The molecule has 0 amide bonds. The van der Waals surface area contributed by atoms with Crippen LogP contribution in [0, 0.1) is 12.8 Å². The van der Waals surface area contributed by atoms with Crippen molar-refractivity contribution in [1.82, 2.24) is 9.78 Å². The van der Waals surface area contributed by atoms with Crippen molar-refractivity contribution in [2.45, 2.75) is 26.9 Å². The Kier molecular flexibility index (Phi) is 3.29. The van der Waals surface area contributed by atoms with Gasteiger partial charge in [0.15, 0.2) is 0 Å². The molecular weight excluding hydrogens is 212 g/mol. The molecule has 0 fully saturated rings. The summed E-state index contributed by atoms with van der Waals surface area (Å²) in [6.45, 7) is 6.04. The molecule has 1 N–H and O–H groups in total. The number of nitrogens with zero attached hydrogens (tertiary/aromatic N) is 2. The molecular formula is C14H18N2O. The van der Waals surface area contributed by atoms with Crippen molar-refractivity contribution in [3.05, 3.63) is 47.8 Å². The summed E-state index contributed by atoms with van der Waals surface area (Å²) < 4.78 is 1.80. The topological polar surface area (TPSA) is 38.0 Å². The van der Waals surface area contributed by atoms with Gasteiger partial charge in [-0.1, -0.05) is 26.0 Å². The maximum absolute atomic E-state index is 10.1. The predicted octanol–water partition coefficient (Wildman–Crippen LogP) is 2.87. The lowest BCUT2D eigenvalue weighted by molar-refractivity contribution is 0.120. The van der Waals surface area contributed by atoms with Gasteiger partial charge in [-0.15, -0.1) is 0 Å². The molecule has 2 rings (SSSR count). The van der Waals surface area contributed by atoms with E-state index in [1.54, 1.807) is 10.9 Å². The molecule has 2 aromatic rings. The third-order valence-electron chi connectivity index (χ3n) is 2.85. The third kappa shape index (κ3) is 2.39. The predicted molar refractivity (Wildman–Crippen MR) is 68.1 cm³/mol. The first-order chi connectivity index (χ1) is 8.09. The van der Waals surface area contributed by atoms with Crippen LogP contribution in [0.25, 0.3) is 5.69 Å². The van der Waals surface area contributed by atoms with Crippen LogP contribution >= 0.6 is 0 Å². The number of aryl methyl sites for hydroxylation is 1. The second kappa shape index (κ2) is 4.72. The van der Waals surface area contributed by atoms with Gasteiger partial charge in [-0.05, 0) is 36.6 Å². The Labute approximate surface area is 102 Å². The molecule has 0 saturated carbocycles. The van der Waals surface area contributed by atoms with Gasteiger partial charge < -0.3 is 5.11 Å². The van der Waals surface area contributed by atoms with Gasteiger partial charge in [-0.25, -0.2) is 4.68 Å². The highest BCUT2D eigenvalue weighted by atomic mass is 16.3. The average molecular weight is 230 g/mol. The number of hydrogen-bond acceptors (Lipinski definition) is 2. The van der Waals surface area contributed by atoms with Crippen molar-refractivity contribution in [2.75, 3.05) is 0 Å². The van der Waals surface area contributed by atoms with Crippen molar-refractivity contribution >= 4 is 0 Å². The van der Waals surface area contributed by atoms with E-state index in [4.69, 9.17) is 0 Å². The zero-order valence-corrected chi connectivity index (χ0v) is 10.5. The van der Waals surface area contributed by atoms with E-state index >= 15 is 0 Å². The molecule has 0 spiro atoms. The largest absolute Gasteiger partial charge is 0.387 e. The average Bonchev–Trinajstić information content (AvgIpc) is 2.76. The van der Waals surface area contributed by atoms with Gasteiger partial charge in [0.1, 0.15) is 0 Å². The summed E-state index contributed by atoms with van der Waals surface area (Å²) in [5.41, 5.74) is 3.01. The Hall–Kier alpha value is -1.61. The minimum Gasteiger partial charge on any atom is -0.387 e. The second-order valence-corrected chi connectivity index (χ2v) is 4.70. The number of rotatable bonds is 3. The minimum atomic E-state index is -0.488. The van der Waals surface area contributed by atoms with Crippen molar-refractivity contribution in [3.63, 3.8) is 0 Å². The lowest BCUT2D eigenvalue weighted by Crippen LogP contribution is -2.12. The first kappa shape index (κ1) is 11.9. The third-order valence-corrected chi connectivity index (χ3v) is 2.85. The number of aromatic nitrogens is 2. The van der Waals surface area contributed by atoms with Gasteiger partial charge in [0, 0.05) is 6.20 Å². The molecule has 1 unspecified atom stereocenters. The van der Waals surface area contributed by atoms with Crippen LogP contribution in [0.2, 0.25) is 0 Å². The lowest BCUT2D eigenvalue weighted by atomic mass is 10.0. The number of benzene rings is 1. The van der Waals surface area contributed by atoms with E-state index < -0.39 is 6.10 Å². The van der Waals surface area contributed by atoms with E-state index in [-0.39, 0.29) is 5.92 Å². The van der Waals surface area contributed by atoms with Crippen LogP contribution in [0.15, 0.2) is 36.5 Å². The molecule has 3 nitrogen and oxygen atoms in total. The number of aliphatic hydroxyl groups excluding tert-OH is 1. The normalized spacial score (nSPS) is 13.0. The molecule has 0 radical (unpaired) electrons. The molecule has 3 heteroatoms. The van der Waals surface area contributed by atoms with Crippen LogP contribution < -0.4 is 0 Å². The SMILES string of the molecule is Cc1cccc(-n2nccc2C(O)C(C)C)c1. The maximum atomic E-state index is 10.1. The Bertz CT molecular complexity index is 502. The van der Waals surface area contributed by atoms with Gasteiger partial charge in [0.2, 0.25) is 0 Å². The van der Waals surface area contributed by atoms with Crippen molar-refractivity contribution in [2.24, 2.45) is 5.92 Å². The van der Waals surface area contributed by atoms with Crippen LogP contribution in [0.4, 0.5) is 0 Å². The fraction of sp³-hybridized carbons (Fsp3) is 0.357. The fourth-order valence-corrected chi connectivity index (χ4v) is 1.85. The van der Waals surface area contributed by atoms with Crippen LogP contribution in [-0.2, 0) is 0 Å². The first-order valence-electron chi connectivity index (χ1n) is 5.88. The standard InChI is InChI=1S/C14H18N2O/c1-10(2)14(17)13-7-8-15-16(13)12-6-4-5-11(3)9-12/h4-10,14,17H,1-3H3. The Morgan fingerprint density at radius 3 is 2.65 bits per heavy atom. The van der Waals surface area contributed by atoms with Gasteiger partial charge in [-0.3, -0.25) is 0 Å². The summed E-state index contributed by atoms with van der Waals surface area (Å²) in [6.07, 6.45) is 1.24. The summed E-state index contributed by atoms with van der Waals surface area (Å²) >= 11 is 0. The minimum absolute atomic E-state index is 0.176. The highest BCUT2D eigenvalue weighted by molar-refractivity contribution is 5.36. The molecule has 1 atom stereocenters. The zero-order valence-electron chi connectivity index (χ0n) is 10.5. The molecule has 0 aliphatic rings. The van der Waals surface area contributed by atoms with Gasteiger partial charge in [0.25, 0.3) is 0 Å². The molecule has 0 saturated heterocycles. The summed E-state index contributed by atoms with van der Waals surface area (Å²) in [7, 11) is 0. The van der Waals surface area contributed by atoms with E-state index in [1.165, 1.54) is 5.56 Å². The van der Waals surface area contributed by atoms with Crippen molar-refractivity contribution < 1.29 is 5.11 Å². The molecule has 1 heterocycles. The van der Waals surface area contributed by atoms with Crippen LogP contribution in [-0.4, -0.2) is 14.9 Å². The lowest BCUT2D eigenvalue weighted by Gasteiger charge is -2.16. The van der Waals surface area contributed by atoms with Crippen molar-refractivity contribution in [1.29, 1.82) is 0 Å². The highest BCUT2D eigenvalue weighted by Gasteiger charge is 2.17. The molecule has 0 bridgehead atoms. The summed E-state index contributed by atoms with van der Waals surface area (Å²) in [4.78, 5) is 0. The monoisotopic (exact) mass is 230 g/mol. The second-order valence-electron chi connectivity index (χ2n) is 4.70. The van der Waals surface area contributed by atoms with Gasteiger partial charge in [-0.2, -0.15) is 5.10 Å². The first-order valence-corrected chi connectivity index (χ1v) is 5.88. The Balaban J connectivity index is 2.43. The quantitative estimate of drug-likeness (QED) is 0.880. The van der Waals surface area contributed by atoms with Crippen LogP contribution in [0.5, 0.6) is 0 Å². The van der Waals surface area contributed by atoms with E-state index in [1.807, 2.05) is 45.0 Å². The number of hydrogen-bond donors (Lipinski definition) is 1. The van der Waals surface area contributed by atoms with Gasteiger partial charge in [0.05, 0.1) is 17.5 Å². The van der Waals surface area contributed by atoms with E-state index in [2.05, 4.69) is 11.2 Å². The molecule has 0 aliphatic carbocycles. The van der Waals surface area contributed by atoms with E-state index in [9.17, 15) is 5.11 Å². The molecule has 17 heavy (non-hydrogen) atoms. The Morgan fingerprint density at radius 1 is 1.24 bits per heavy atom.